The lowest BCUT2D eigenvalue weighted by Gasteiger charge is -2.33. The highest BCUT2D eigenvalue weighted by Crippen LogP contribution is 2.19. The van der Waals surface area contributed by atoms with Gasteiger partial charge in [0.2, 0.25) is 5.91 Å². The summed E-state index contributed by atoms with van der Waals surface area (Å²) in [7, 11) is 0. The van der Waals surface area contributed by atoms with Gasteiger partial charge < -0.3 is 10.5 Å². The van der Waals surface area contributed by atoms with Crippen molar-refractivity contribution in [3.05, 3.63) is 11.6 Å². The molecule has 0 saturated carbocycles. The molecular weight excluding hydrogens is 220 g/mol. The SMILES string of the molecule is CC1=CC(C(N)=O)N(C(=O)OC(C)(C)C)CC1. The predicted molar refractivity (Wildman–Crippen MR) is 64.3 cm³/mol. The molecule has 1 unspecified atom stereocenters. The van der Waals surface area contributed by atoms with E-state index in [4.69, 9.17) is 10.5 Å². The normalized spacial score (nSPS) is 20.8. The smallest absolute Gasteiger partial charge is 0.411 e. The van der Waals surface area contributed by atoms with E-state index in [0.29, 0.717) is 6.54 Å². The summed E-state index contributed by atoms with van der Waals surface area (Å²) < 4.78 is 5.24. The van der Waals surface area contributed by atoms with Crippen LogP contribution in [-0.2, 0) is 9.53 Å². The second-order valence-corrected chi connectivity index (χ2v) is 5.28. The second kappa shape index (κ2) is 4.77. The number of carbonyl (C=O) groups is 2. The Kier molecular flexibility index (Phi) is 3.80. The molecule has 0 saturated heterocycles. The monoisotopic (exact) mass is 240 g/mol. The van der Waals surface area contributed by atoms with E-state index in [1.807, 2.05) is 6.92 Å². The number of nitrogens with two attached hydrogens (primary N) is 1. The Labute approximate surface area is 102 Å². The van der Waals surface area contributed by atoms with Crippen molar-refractivity contribution in [1.82, 2.24) is 4.90 Å². The van der Waals surface area contributed by atoms with Crippen molar-refractivity contribution in [2.24, 2.45) is 5.73 Å². The summed E-state index contributed by atoms with van der Waals surface area (Å²) in [5, 5.41) is 0. The average Bonchev–Trinajstić information content (AvgIpc) is 2.14. The van der Waals surface area contributed by atoms with Gasteiger partial charge in [0.25, 0.3) is 0 Å². The number of hydrogen-bond donors (Lipinski definition) is 1. The summed E-state index contributed by atoms with van der Waals surface area (Å²) in [6.07, 6.45) is 1.96. The Morgan fingerprint density at radius 3 is 2.53 bits per heavy atom. The minimum Gasteiger partial charge on any atom is -0.444 e. The van der Waals surface area contributed by atoms with E-state index < -0.39 is 23.6 Å². The molecule has 1 rings (SSSR count). The minimum absolute atomic E-state index is 0.463. The third-order valence-electron chi connectivity index (χ3n) is 2.44. The fourth-order valence-electron chi connectivity index (χ4n) is 1.64. The molecule has 96 valence electrons. The van der Waals surface area contributed by atoms with Gasteiger partial charge in [0.15, 0.2) is 0 Å². The molecule has 17 heavy (non-hydrogen) atoms. The summed E-state index contributed by atoms with van der Waals surface area (Å²) in [5.74, 6) is -0.532. The van der Waals surface area contributed by atoms with Crippen LogP contribution in [0.1, 0.15) is 34.1 Å². The molecule has 1 heterocycles. The van der Waals surface area contributed by atoms with Crippen LogP contribution in [0, 0.1) is 0 Å². The van der Waals surface area contributed by atoms with Crippen LogP contribution in [0.3, 0.4) is 0 Å². The van der Waals surface area contributed by atoms with E-state index in [1.54, 1.807) is 26.8 Å². The first-order chi connectivity index (χ1) is 7.70. The van der Waals surface area contributed by atoms with E-state index >= 15 is 0 Å². The van der Waals surface area contributed by atoms with Gasteiger partial charge in [-0.05, 0) is 34.1 Å². The second-order valence-electron chi connectivity index (χ2n) is 5.28. The predicted octanol–water partition coefficient (Wildman–Crippen LogP) is 1.43. The van der Waals surface area contributed by atoms with Crippen molar-refractivity contribution in [1.29, 1.82) is 0 Å². The summed E-state index contributed by atoms with van der Waals surface area (Å²) >= 11 is 0. The van der Waals surface area contributed by atoms with E-state index in [2.05, 4.69) is 0 Å². The Balaban J connectivity index is 2.82. The highest BCUT2D eigenvalue weighted by molar-refractivity contribution is 5.86. The third kappa shape index (κ3) is 3.76. The van der Waals surface area contributed by atoms with Crippen molar-refractivity contribution in [3.63, 3.8) is 0 Å². The standard InChI is InChI=1S/C12H20N2O3/c1-8-5-6-14(9(7-8)10(13)15)11(16)17-12(2,3)4/h7,9H,5-6H2,1-4H3,(H2,13,15). The van der Waals surface area contributed by atoms with Crippen LogP contribution in [0.5, 0.6) is 0 Å². The van der Waals surface area contributed by atoms with Gasteiger partial charge in [0, 0.05) is 6.54 Å². The summed E-state index contributed by atoms with van der Waals surface area (Å²) in [4.78, 5) is 24.6. The van der Waals surface area contributed by atoms with Crippen LogP contribution in [0.4, 0.5) is 4.79 Å². The van der Waals surface area contributed by atoms with Crippen molar-refractivity contribution >= 4 is 12.0 Å². The largest absolute Gasteiger partial charge is 0.444 e. The van der Waals surface area contributed by atoms with Crippen molar-refractivity contribution in [2.45, 2.75) is 45.8 Å². The van der Waals surface area contributed by atoms with Gasteiger partial charge in [-0.25, -0.2) is 4.79 Å². The number of rotatable bonds is 1. The number of carbonyl (C=O) groups excluding carboxylic acids is 2. The molecule has 1 atom stereocenters. The fourth-order valence-corrected chi connectivity index (χ4v) is 1.64. The quantitative estimate of drug-likeness (QED) is 0.705. The zero-order chi connectivity index (χ0) is 13.2. The van der Waals surface area contributed by atoms with Crippen molar-refractivity contribution in [3.8, 4) is 0 Å². The lowest BCUT2D eigenvalue weighted by atomic mass is 10.0. The molecule has 1 aliphatic rings. The molecule has 0 aliphatic carbocycles. The number of ether oxygens (including phenoxy) is 1. The molecule has 0 aromatic rings. The molecule has 1 aliphatic heterocycles. The first-order valence-electron chi connectivity index (χ1n) is 5.67. The Morgan fingerprint density at radius 1 is 1.47 bits per heavy atom. The van der Waals surface area contributed by atoms with E-state index in [0.717, 1.165) is 12.0 Å². The van der Waals surface area contributed by atoms with Crippen molar-refractivity contribution in [2.75, 3.05) is 6.54 Å². The van der Waals surface area contributed by atoms with E-state index in [1.165, 1.54) is 4.90 Å². The number of nitrogens with zero attached hydrogens (tertiary/aromatic N) is 1. The van der Waals surface area contributed by atoms with Crippen LogP contribution >= 0.6 is 0 Å². The van der Waals surface area contributed by atoms with Gasteiger partial charge in [-0.1, -0.05) is 11.6 Å². The minimum atomic E-state index is -0.696. The molecule has 0 fully saturated rings. The van der Waals surface area contributed by atoms with Gasteiger partial charge in [-0.2, -0.15) is 0 Å². The van der Waals surface area contributed by atoms with Gasteiger partial charge in [0.05, 0.1) is 0 Å². The Hall–Kier alpha value is -1.52. The fraction of sp³-hybridized carbons (Fsp3) is 0.667. The maximum atomic E-state index is 11.9. The zero-order valence-electron chi connectivity index (χ0n) is 10.8. The van der Waals surface area contributed by atoms with Crippen LogP contribution in [0.15, 0.2) is 11.6 Å². The molecule has 2 N–H and O–H groups in total. The third-order valence-corrected chi connectivity index (χ3v) is 2.44. The van der Waals surface area contributed by atoms with Crippen LogP contribution in [-0.4, -0.2) is 35.1 Å². The highest BCUT2D eigenvalue weighted by atomic mass is 16.6. The molecule has 0 spiro atoms. The molecule has 5 heteroatoms. The van der Waals surface area contributed by atoms with Crippen molar-refractivity contribution < 1.29 is 14.3 Å². The number of amides is 2. The Morgan fingerprint density at radius 2 is 2.06 bits per heavy atom. The average molecular weight is 240 g/mol. The molecule has 0 aromatic carbocycles. The molecule has 0 radical (unpaired) electrons. The first-order valence-corrected chi connectivity index (χ1v) is 5.67. The molecule has 0 bridgehead atoms. The summed E-state index contributed by atoms with van der Waals surface area (Å²) in [6, 6.07) is -0.696. The number of hydrogen-bond acceptors (Lipinski definition) is 3. The maximum Gasteiger partial charge on any atom is 0.411 e. The van der Waals surface area contributed by atoms with Gasteiger partial charge in [-0.15, -0.1) is 0 Å². The topological polar surface area (TPSA) is 72.6 Å². The maximum absolute atomic E-state index is 11.9. The Bertz CT molecular complexity index is 355. The lowest BCUT2D eigenvalue weighted by molar-refractivity contribution is -0.121. The lowest BCUT2D eigenvalue weighted by Crippen LogP contribution is -2.50. The highest BCUT2D eigenvalue weighted by Gasteiger charge is 2.32. The van der Waals surface area contributed by atoms with Crippen LogP contribution in [0.25, 0.3) is 0 Å². The molecule has 2 amide bonds. The van der Waals surface area contributed by atoms with Gasteiger partial charge in [-0.3, -0.25) is 9.69 Å². The van der Waals surface area contributed by atoms with Gasteiger partial charge >= 0.3 is 6.09 Å². The molecule has 5 nitrogen and oxygen atoms in total. The van der Waals surface area contributed by atoms with Crippen LogP contribution in [0.2, 0.25) is 0 Å². The first kappa shape index (κ1) is 13.5. The summed E-state index contributed by atoms with van der Waals surface area (Å²) in [5.41, 5.74) is 5.78. The van der Waals surface area contributed by atoms with E-state index in [9.17, 15) is 9.59 Å². The summed E-state index contributed by atoms with van der Waals surface area (Å²) in [6.45, 7) is 7.74. The van der Waals surface area contributed by atoms with E-state index in [-0.39, 0.29) is 0 Å². The molecule has 0 aromatic heterocycles. The molecular formula is C12H20N2O3. The van der Waals surface area contributed by atoms with Gasteiger partial charge in [0.1, 0.15) is 11.6 Å². The zero-order valence-corrected chi connectivity index (χ0v) is 10.8. The van der Waals surface area contributed by atoms with Crippen LogP contribution < -0.4 is 5.73 Å². The number of primary amides is 1.